The maximum absolute atomic E-state index is 5.49. The lowest BCUT2D eigenvalue weighted by Crippen LogP contribution is -2.29. The number of nitrogens with one attached hydrogen (secondary N) is 1. The molecule has 1 aliphatic carbocycles. The Labute approximate surface area is 118 Å². The Bertz CT molecular complexity index is 439. The highest BCUT2D eigenvalue weighted by Crippen LogP contribution is 2.63. The van der Waals surface area contributed by atoms with E-state index in [9.17, 15) is 0 Å². The van der Waals surface area contributed by atoms with E-state index in [1.54, 1.807) is 0 Å². The van der Waals surface area contributed by atoms with Gasteiger partial charge in [0.15, 0.2) is 5.82 Å². The van der Waals surface area contributed by atoms with Gasteiger partial charge in [-0.25, -0.2) is 0 Å². The lowest BCUT2D eigenvalue weighted by molar-refractivity contribution is 0.192. The quantitative estimate of drug-likeness (QED) is 0.899. The third-order valence-electron chi connectivity index (χ3n) is 4.84. The summed E-state index contributed by atoms with van der Waals surface area (Å²) in [6.07, 6.45) is 4.76. The smallest absolute Gasteiger partial charge is 0.230 e. The summed E-state index contributed by atoms with van der Waals surface area (Å²) in [6, 6.07) is 0. The monoisotopic (exact) mass is 285 g/mol. The molecule has 0 amide bonds. The highest BCUT2D eigenvalue weighted by Gasteiger charge is 2.57. The second-order valence-corrected chi connectivity index (χ2v) is 5.92. The molecule has 2 unspecified atom stereocenters. The van der Waals surface area contributed by atoms with Crippen molar-refractivity contribution in [2.24, 2.45) is 5.41 Å². The summed E-state index contributed by atoms with van der Waals surface area (Å²) < 4.78 is 10.9. The molecule has 2 aliphatic heterocycles. The molecule has 3 fully saturated rings. The third-order valence-corrected chi connectivity index (χ3v) is 4.84. The first kappa shape index (κ1) is 13.3. The van der Waals surface area contributed by atoms with Crippen LogP contribution in [0.4, 0.5) is 0 Å². The molecule has 2 saturated heterocycles. The van der Waals surface area contributed by atoms with Crippen LogP contribution in [-0.4, -0.2) is 36.4 Å². The van der Waals surface area contributed by atoms with E-state index in [1.807, 2.05) is 0 Å². The Hall–Kier alpha value is -0.650. The predicted molar refractivity (Wildman–Crippen MR) is 71.6 cm³/mol. The molecule has 3 heterocycles. The molecule has 1 N–H and O–H groups in total. The van der Waals surface area contributed by atoms with Gasteiger partial charge in [0.25, 0.3) is 0 Å². The number of halogens is 1. The largest absolute Gasteiger partial charge is 0.381 e. The summed E-state index contributed by atoms with van der Waals surface area (Å²) in [5, 5.41) is 7.57. The van der Waals surface area contributed by atoms with Gasteiger partial charge in [-0.1, -0.05) is 5.16 Å². The van der Waals surface area contributed by atoms with Crippen LogP contribution in [0.2, 0.25) is 0 Å². The van der Waals surface area contributed by atoms with Crippen molar-refractivity contribution in [3.8, 4) is 0 Å². The average molecular weight is 286 g/mol. The van der Waals surface area contributed by atoms with E-state index in [-0.39, 0.29) is 12.4 Å². The van der Waals surface area contributed by atoms with Crippen molar-refractivity contribution in [3.05, 3.63) is 11.7 Å². The number of aromatic nitrogens is 2. The van der Waals surface area contributed by atoms with Gasteiger partial charge in [0.05, 0.1) is 6.61 Å². The van der Waals surface area contributed by atoms with E-state index in [0.29, 0.717) is 17.3 Å². The van der Waals surface area contributed by atoms with Crippen molar-refractivity contribution < 1.29 is 9.26 Å². The van der Waals surface area contributed by atoms with Crippen molar-refractivity contribution in [1.29, 1.82) is 0 Å². The molecule has 6 heteroatoms. The highest BCUT2D eigenvalue weighted by molar-refractivity contribution is 5.85. The fourth-order valence-electron chi connectivity index (χ4n) is 3.47. The molecular formula is C13H20ClN3O2. The molecular weight excluding hydrogens is 266 g/mol. The zero-order chi connectivity index (χ0) is 12.0. The molecule has 3 aliphatic rings. The molecule has 19 heavy (non-hydrogen) atoms. The molecule has 0 bridgehead atoms. The summed E-state index contributed by atoms with van der Waals surface area (Å²) in [5.74, 6) is 2.60. The van der Waals surface area contributed by atoms with E-state index in [4.69, 9.17) is 9.26 Å². The van der Waals surface area contributed by atoms with Crippen LogP contribution in [0.1, 0.15) is 49.2 Å². The minimum atomic E-state index is 0. The van der Waals surface area contributed by atoms with Crippen molar-refractivity contribution >= 4 is 12.4 Å². The number of hydrogen-bond acceptors (Lipinski definition) is 5. The summed E-state index contributed by atoms with van der Waals surface area (Å²) in [5.41, 5.74) is 0.473. The second-order valence-electron chi connectivity index (χ2n) is 5.92. The number of piperidine rings is 1. The summed E-state index contributed by atoms with van der Waals surface area (Å²) in [7, 11) is 0. The lowest BCUT2D eigenvalue weighted by Gasteiger charge is -2.22. The SMILES string of the molecule is C1CC2(CCN1)CC2c1nc(C2CCOC2)no1.Cl. The van der Waals surface area contributed by atoms with Gasteiger partial charge < -0.3 is 14.6 Å². The van der Waals surface area contributed by atoms with E-state index in [2.05, 4.69) is 15.5 Å². The average Bonchev–Trinajstić information content (AvgIpc) is 2.86. The summed E-state index contributed by atoms with van der Waals surface area (Å²) >= 11 is 0. The van der Waals surface area contributed by atoms with E-state index in [1.165, 1.54) is 19.3 Å². The first-order valence-electron chi connectivity index (χ1n) is 6.99. The summed E-state index contributed by atoms with van der Waals surface area (Å²) in [4.78, 5) is 4.63. The van der Waals surface area contributed by atoms with Crippen LogP contribution in [0.25, 0.3) is 0 Å². The standard InChI is InChI=1S/C13H19N3O2.ClH/c1-6-17-8-9(1)11-15-12(18-16-11)10-7-13(10)2-4-14-5-3-13;/h9-10,14H,1-8H2;1H. The Balaban J connectivity index is 0.00000110. The number of rotatable bonds is 2. The van der Waals surface area contributed by atoms with Gasteiger partial charge in [-0.05, 0) is 44.2 Å². The van der Waals surface area contributed by atoms with Gasteiger partial charge in [-0.3, -0.25) is 0 Å². The summed E-state index contributed by atoms with van der Waals surface area (Å²) in [6.45, 7) is 3.84. The Kier molecular flexibility index (Phi) is 3.53. The van der Waals surface area contributed by atoms with E-state index >= 15 is 0 Å². The van der Waals surface area contributed by atoms with Gasteiger partial charge >= 0.3 is 0 Å². The van der Waals surface area contributed by atoms with Gasteiger partial charge in [-0.15, -0.1) is 12.4 Å². The fraction of sp³-hybridized carbons (Fsp3) is 0.846. The molecule has 1 saturated carbocycles. The van der Waals surface area contributed by atoms with Crippen LogP contribution in [0.3, 0.4) is 0 Å². The van der Waals surface area contributed by atoms with E-state index in [0.717, 1.165) is 44.4 Å². The van der Waals surface area contributed by atoms with Crippen molar-refractivity contribution in [2.45, 2.75) is 37.5 Å². The Morgan fingerprint density at radius 3 is 2.84 bits per heavy atom. The third kappa shape index (κ3) is 2.28. The molecule has 0 aromatic carbocycles. The minimum absolute atomic E-state index is 0. The zero-order valence-corrected chi connectivity index (χ0v) is 11.7. The molecule has 4 rings (SSSR count). The van der Waals surface area contributed by atoms with Gasteiger partial charge in [0.2, 0.25) is 5.89 Å². The Morgan fingerprint density at radius 1 is 1.26 bits per heavy atom. The lowest BCUT2D eigenvalue weighted by atomic mass is 9.92. The van der Waals surface area contributed by atoms with Gasteiger partial charge in [-0.2, -0.15) is 4.98 Å². The molecule has 5 nitrogen and oxygen atoms in total. The fourth-order valence-corrected chi connectivity index (χ4v) is 3.47. The van der Waals surface area contributed by atoms with E-state index < -0.39 is 0 Å². The molecule has 0 radical (unpaired) electrons. The topological polar surface area (TPSA) is 60.2 Å². The second kappa shape index (κ2) is 5.04. The van der Waals surface area contributed by atoms with Crippen LogP contribution in [0.5, 0.6) is 0 Å². The molecule has 1 aromatic heterocycles. The zero-order valence-electron chi connectivity index (χ0n) is 10.9. The van der Waals surface area contributed by atoms with Crippen LogP contribution in [0, 0.1) is 5.41 Å². The highest BCUT2D eigenvalue weighted by atomic mass is 35.5. The maximum Gasteiger partial charge on any atom is 0.230 e. The predicted octanol–water partition coefficient (Wildman–Crippen LogP) is 1.85. The minimum Gasteiger partial charge on any atom is -0.381 e. The van der Waals surface area contributed by atoms with Crippen LogP contribution in [0.15, 0.2) is 4.52 Å². The van der Waals surface area contributed by atoms with Crippen molar-refractivity contribution in [2.75, 3.05) is 26.3 Å². The van der Waals surface area contributed by atoms with Crippen LogP contribution >= 0.6 is 12.4 Å². The molecule has 106 valence electrons. The van der Waals surface area contributed by atoms with Crippen LogP contribution in [-0.2, 0) is 4.74 Å². The Morgan fingerprint density at radius 2 is 2.11 bits per heavy atom. The number of hydrogen-bond donors (Lipinski definition) is 1. The van der Waals surface area contributed by atoms with Gasteiger partial charge in [0.1, 0.15) is 0 Å². The van der Waals surface area contributed by atoms with Gasteiger partial charge in [0, 0.05) is 18.4 Å². The molecule has 2 atom stereocenters. The first-order valence-corrected chi connectivity index (χ1v) is 6.99. The molecule has 1 aromatic rings. The maximum atomic E-state index is 5.49. The van der Waals surface area contributed by atoms with Crippen LogP contribution < -0.4 is 5.32 Å². The molecule has 1 spiro atoms. The van der Waals surface area contributed by atoms with Crippen molar-refractivity contribution in [1.82, 2.24) is 15.5 Å². The van der Waals surface area contributed by atoms with Crippen molar-refractivity contribution in [3.63, 3.8) is 0 Å². The number of ether oxygens (including phenoxy) is 1. The number of nitrogens with zero attached hydrogens (tertiary/aromatic N) is 2. The normalized spacial score (nSPS) is 32.2. The first-order chi connectivity index (χ1) is 8.87.